The molecule has 4 aromatic rings. The molecule has 0 bridgehead atoms. The second kappa shape index (κ2) is 10.3. The van der Waals surface area contributed by atoms with Crippen LogP contribution in [0.25, 0.3) is 16.7 Å². The summed E-state index contributed by atoms with van der Waals surface area (Å²) in [6.45, 7) is 0.00247. The minimum atomic E-state index is -1.27. The quantitative estimate of drug-likeness (QED) is 0.106. The van der Waals surface area contributed by atoms with Crippen LogP contribution in [0, 0.1) is 20.2 Å². The molecule has 12 heteroatoms. The number of H-pyrrole nitrogens is 1. The van der Waals surface area contributed by atoms with Gasteiger partial charge in [-0.3, -0.25) is 29.8 Å². The Labute approximate surface area is 226 Å². The van der Waals surface area contributed by atoms with E-state index in [0.29, 0.717) is 5.75 Å². The van der Waals surface area contributed by atoms with E-state index in [2.05, 4.69) is 4.98 Å². The molecule has 0 spiro atoms. The number of nitro groups is 2. The molecule has 1 amide bonds. The van der Waals surface area contributed by atoms with Gasteiger partial charge in [-0.05, 0) is 48.4 Å². The van der Waals surface area contributed by atoms with Crippen molar-refractivity contribution in [2.45, 2.75) is 12.5 Å². The van der Waals surface area contributed by atoms with Crippen LogP contribution in [0.15, 0.2) is 78.5 Å². The van der Waals surface area contributed by atoms with E-state index >= 15 is 0 Å². The molecule has 5 rings (SSSR count). The highest BCUT2D eigenvalue weighted by Gasteiger charge is 2.48. The van der Waals surface area contributed by atoms with E-state index in [0.717, 1.165) is 28.6 Å². The molecule has 0 saturated carbocycles. The number of hydrogen-bond acceptors (Lipinski definition) is 8. The van der Waals surface area contributed by atoms with E-state index in [4.69, 9.17) is 4.74 Å². The Morgan fingerprint density at radius 1 is 1.02 bits per heavy atom. The molecule has 0 radical (unpaired) electrons. The number of hydrogen-bond donors (Lipinski definition) is 2. The maximum atomic E-state index is 13.3. The summed E-state index contributed by atoms with van der Waals surface area (Å²) >= 11 is 0. The number of aromatic nitrogens is 1. The average Bonchev–Trinajstić information content (AvgIpc) is 3.48. The van der Waals surface area contributed by atoms with Gasteiger partial charge in [0.1, 0.15) is 11.5 Å². The van der Waals surface area contributed by atoms with Crippen molar-refractivity contribution in [3.63, 3.8) is 0 Å². The van der Waals surface area contributed by atoms with Gasteiger partial charge in [0.15, 0.2) is 0 Å². The van der Waals surface area contributed by atoms with Crippen LogP contribution in [-0.4, -0.2) is 50.2 Å². The minimum absolute atomic E-state index is 0.00247. The highest BCUT2D eigenvalue weighted by Crippen LogP contribution is 2.42. The third-order valence-electron chi connectivity index (χ3n) is 6.92. The number of carbonyl (C=O) groups excluding carboxylic acids is 2. The Kier molecular flexibility index (Phi) is 6.74. The lowest BCUT2D eigenvalue weighted by atomic mass is 9.94. The van der Waals surface area contributed by atoms with Gasteiger partial charge in [-0.1, -0.05) is 12.1 Å². The first-order valence-corrected chi connectivity index (χ1v) is 12.1. The number of ketones is 1. The van der Waals surface area contributed by atoms with Crippen molar-refractivity contribution >= 4 is 39.7 Å². The second-order valence-corrected chi connectivity index (χ2v) is 9.09. The maximum Gasteiger partial charge on any atom is 0.295 e. The summed E-state index contributed by atoms with van der Waals surface area (Å²) in [7, 11) is 1.55. The normalized spacial score (nSPS) is 16.4. The summed E-state index contributed by atoms with van der Waals surface area (Å²) in [5.41, 5.74) is 0.868. The molecule has 40 heavy (non-hydrogen) atoms. The number of amides is 1. The predicted molar refractivity (Wildman–Crippen MR) is 144 cm³/mol. The third kappa shape index (κ3) is 4.51. The van der Waals surface area contributed by atoms with Crippen molar-refractivity contribution in [1.82, 2.24) is 9.88 Å². The highest BCUT2D eigenvalue weighted by molar-refractivity contribution is 6.46. The number of benzene rings is 3. The summed E-state index contributed by atoms with van der Waals surface area (Å²) in [6.07, 6.45) is 2.06. The maximum absolute atomic E-state index is 13.3. The van der Waals surface area contributed by atoms with Crippen LogP contribution in [0.5, 0.6) is 5.75 Å². The van der Waals surface area contributed by atoms with Crippen molar-refractivity contribution in [2.24, 2.45) is 0 Å². The number of rotatable bonds is 8. The molecule has 3 aromatic carbocycles. The molecule has 0 aliphatic carbocycles. The number of nitro benzene ring substituents is 2. The van der Waals surface area contributed by atoms with E-state index in [1.54, 1.807) is 25.4 Å². The Bertz CT molecular complexity index is 1710. The Hall–Kier alpha value is -5.52. The first kappa shape index (κ1) is 26.1. The largest absolute Gasteiger partial charge is 0.507 e. The van der Waals surface area contributed by atoms with Crippen LogP contribution in [0.1, 0.15) is 22.7 Å². The monoisotopic (exact) mass is 542 g/mol. The number of ether oxygens (including phenoxy) is 1. The Balaban J connectivity index is 1.60. The second-order valence-electron chi connectivity index (χ2n) is 9.09. The number of aliphatic hydroxyl groups is 1. The van der Waals surface area contributed by atoms with Gasteiger partial charge in [0, 0.05) is 47.4 Å². The van der Waals surface area contributed by atoms with E-state index < -0.39 is 33.3 Å². The SMILES string of the molecule is COc1ccc2[nH]cc(CCN3C(=O)C(=O)/C(=C(\O)c4ccc([N+](=O)[O-])cc4)C3c3ccccc3[N+](=O)[O-])c2c1. The molecule has 1 atom stereocenters. The van der Waals surface area contributed by atoms with Gasteiger partial charge in [-0.25, -0.2) is 0 Å². The molecule has 1 aromatic heterocycles. The van der Waals surface area contributed by atoms with Gasteiger partial charge in [-0.15, -0.1) is 0 Å². The molecule has 1 aliphatic rings. The van der Waals surface area contributed by atoms with E-state index in [1.807, 2.05) is 12.1 Å². The molecule has 1 unspecified atom stereocenters. The highest BCUT2D eigenvalue weighted by atomic mass is 16.6. The number of methoxy groups -OCH3 is 1. The Morgan fingerprint density at radius 2 is 1.75 bits per heavy atom. The number of likely N-dealkylation sites (tertiary alicyclic amines) is 1. The van der Waals surface area contributed by atoms with Crippen LogP contribution in [0.2, 0.25) is 0 Å². The standard InChI is InChI=1S/C28H22N4O8/c1-40-19-10-11-22-21(14-19)17(15-29-22)12-13-30-25(20-4-2-3-5-23(20)32(38)39)24(27(34)28(30)35)26(33)16-6-8-18(9-7-16)31(36)37/h2-11,14-15,25,29,33H,12-13H2,1H3/b26-24-. The minimum Gasteiger partial charge on any atom is -0.507 e. The molecular weight excluding hydrogens is 520 g/mol. The number of non-ortho nitro benzene ring substituents is 1. The number of nitrogens with one attached hydrogen (secondary N) is 1. The summed E-state index contributed by atoms with van der Waals surface area (Å²) < 4.78 is 5.31. The predicted octanol–water partition coefficient (Wildman–Crippen LogP) is 4.66. The van der Waals surface area contributed by atoms with Crippen molar-refractivity contribution in [1.29, 1.82) is 0 Å². The summed E-state index contributed by atoms with van der Waals surface area (Å²) in [5, 5.41) is 35.0. The lowest BCUT2D eigenvalue weighted by Gasteiger charge is -2.25. The smallest absolute Gasteiger partial charge is 0.295 e. The van der Waals surface area contributed by atoms with Gasteiger partial charge in [0.25, 0.3) is 23.1 Å². The zero-order valence-electron chi connectivity index (χ0n) is 21.1. The number of aliphatic hydroxyl groups excluding tert-OH is 1. The number of Topliss-reactive ketones (excluding diaryl/α,β-unsaturated/α-hetero) is 1. The Morgan fingerprint density at radius 3 is 2.42 bits per heavy atom. The first-order valence-electron chi connectivity index (χ1n) is 12.1. The molecule has 2 N–H and O–H groups in total. The number of fused-ring (bicyclic) bond motifs is 1. The van der Waals surface area contributed by atoms with Gasteiger partial charge in [0.05, 0.1) is 34.1 Å². The molecule has 2 heterocycles. The van der Waals surface area contributed by atoms with E-state index in [-0.39, 0.29) is 41.0 Å². The summed E-state index contributed by atoms with van der Waals surface area (Å²) in [6, 6.07) is 14.7. The van der Waals surface area contributed by atoms with Gasteiger partial charge in [-0.2, -0.15) is 0 Å². The van der Waals surface area contributed by atoms with Gasteiger partial charge >= 0.3 is 0 Å². The van der Waals surface area contributed by atoms with Crippen LogP contribution in [0.3, 0.4) is 0 Å². The van der Waals surface area contributed by atoms with Crippen LogP contribution in [-0.2, 0) is 16.0 Å². The molecular formula is C28H22N4O8. The number of carbonyl (C=O) groups is 2. The van der Waals surface area contributed by atoms with Crippen molar-refractivity contribution < 1.29 is 29.3 Å². The van der Waals surface area contributed by atoms with Crippen molar-refractivity contribution in [3.05, 3.63) is 115 Å². The fourth-order valence-electron chi connectivity index (χ4n) is 4.95. The zero-order valence-corrected chi connectivity index (χ0v) is 21.1. The number of aromatic amines is 1. The van der Waals surface area contributed by atoms with Gasteiger partial charge < -0.3 is 19.7 Å². The molecule has 1 fully saturated rings. The van der Waals surface area contributed by atoms with E-state index in [9.17, 15) is 34.9 Å². The molecule has 12 nitrogen and oxygen atoms in total. The van der Waals surface area contributed by atoms with Crippen LogP contribution < -0.4 is 4.74 Å². The first-order chi connectivity index (χ1) is 19.2. The molecule has 202 valence electrons. The lowest BCUT2D eigenvalue weighted by molar-refractivity contribution is -0.385. The lowest BCUT2D eigenvalue weighted by Crippen LogP contribution is -2.32. The molecule has 1 aliphatic heterocycles. The van der Waals surface area contributed by atoms with Crippen molar-refractivity contribution in [2.75, 3.05) is 13.7 Å². The number of para-hydroxylation sites is 1. The van der Waals surface area contributed by atoms with Crippen LogP contribution >= 0.6 is 0 Å². The molecule has 1 saturated heterocycles. The average molecular weight is 543 g/mol. The van der Waals surface area contributed by atoms with Crippen LogP contribution in [0.4, 0.5) is 11.4 Å². The fraction of sp³-hybridized carbons (Fsp3) is 0.143. The summed E-state index contributed by atoms with van der Waals surface area (Å²) in [5.74, 6) is -1.89. The number of nitrogens with zero attached hydrogens (tertiary/aromatic N) is 3. The third-order valence-corrected chi connectivity index (χ3v) is 6.92. The van der Waals surface area contributed by atoms with E-state index in [1.165, 1.54) is 35.2 Å². The summed E-state index contributed by atoms with van der Waals surface area (Å²) in [4.78, 5) is 52.7. The van der Waals surface area contributed by atoms with Crippen molar-refractivity contribution in [3.8, 4) is 5.75 Å². The fourth-order valence-corrected chi connectivity index (χ4v) is 4.95. The topological polar surface area (TPSA) is 169 Å². The zero-order chi connectivity index (χ0) is 28.6. The van der Waals surface area contributed by atoms with Gasteiger partial charge in [0.2, 0.25) is 0 Å².